The van der Waals surface area contributed by atoms with E-state index in [9.17, 15) is 18.5 Å². The Kier molecular flexibility index (Phi) is 4.49. The fraction of sp³-hybridized carbons (Fsp3) is 0.579. The molecule has 1 saturated heterocycles. The van der Waals surface area contributed by atoms with Crippen LogP contribution < -0.4 is 0 Å². The molecule has 0 spiro atoms. The maximum absolute atomic E-state index is 12.9. The summed E-state index contributed by atoms with van der Waals surface area (Å²) in [5.74, 6) is 1.62. The lowest BCUT2D eigenvalue weighted by Crippen LogP contribution is -2.52. The molecule has 3 atom stereocenters. The van der Waals surface area contributed by atoms with Gasteiger partial charge >= 0.3 is 0 Å². The average Bonchev–Trinajstić information content (AvgIpc) is 3.31. The van der Waals surface area contributed by atoms with Crippen molar-refractivity contribution in [2.24, 2.45) is 17.8 Å². The van der Waals surface area contributed by atoms with E-state index in [2.05, 4.69) is 0 Å². The van der Waals surface area contributed by atoms with Crippen molar-refractivity contribution >= 4 is 15.9 Å². The van der Waals surface area contributed by atoms with Crippen molar-refractivity contribution in [3.05, 3.63) is 29.8 Å². The second-order valence-electron chi connectivity index (χ2n) is 7.62. The molecule has 1 aliphatic heterocycles. The van der Waals surface area contributed by atoms with E-state index in [1.54, 1.807) is 12.1 Å². The van der Waals surface area contributed by atoms with Crippen LogP contribution in [0.5, 0.6) is 0 Å². The highest BCUT2D eigenvalue weighted by Crippen LogP contribution is 2.48. The van der Waals surface area contributed by atoms with E-state index in [1.165, 1.54) is 35.7 Å². The van der Waals surface area contributed by atoms with Gasteiger partial charge in [0.05, 0.1) is 10.5 Å². The highest BCUT2D eigenvalue weighted by molar-refractivity contribution is 7.89. The van der Waals surface area contributed by atoms with Crippen molar-refractivity contribution in [3.8, 4) is 6.07 Å². The molecule has 3 aliphatic rings. The topological polar surface area (TPSA) is 81.5 Å². The van der Waals surface area contributed by atoms with Gasteiger partial charge in [0.15, 0.2) is 0 Å². The van der Waals surface area contributed by atoms with Crippen LogP contribution in [0.25, 0.3) is 0 Å². The monoisotopic (exact) mass is 373 g/mol. The van der Waals surface area contributed by atoms with Crippen molar-refractivity contribution in [2.75, 3.05) is 26.2 Å². The molecule has 1 amide bonds. The summed E-state index contributed by atoms with van der Waals surface area (Å²) < 4.78 is 27.1. The van der Waals surface area contributed by atoms with Crippen molar-refractivity contribution in [2.45, 2.75) is 30.6 Å². The molecule has 1 heterocycles. The molecular weight excluding hydrogens is 350 g/mol. The standard InChI is InChI=1S/C19H23N3O3S/c20-13-16-3-1-2-4-18(16)26(24,25)22-9-7-21(8-10-22)19(23)17-12-14-5-6-15(17)11-14/h1-4,14-15,17H,5-12H2. The lowest BCUT2D eigenvalue weighted by molar-refractivity contribution is -0.138. The van der Waals surface area contributed by atoms with E-state index in [0.717, 1.165) is 12.3 Å². The molecule has 4 rings (SSSR count). The van der Waals surface area contributed by atoms with Gasteiger partial charge < -0.3 is 4.90 Å². The Bertz CT molecular complexity index is 853. The SMILES string of the molecule is N#Cc1ccccc1S(=O)(=O)N1CCN(C(=O)C2CC3CCC2C3)CC1. The Labute approximate surface area is 154 Å². The summed E-state index contributed by atoms with van der Waals surface area (Å²) in [6.07, 6.45) is 4.63. The summed E-state index contributed by atoms with van der Waals surface area (Å²) in [4.78, 5) is 14.7. The number of carbonyl (C=O) groups excluding carboxylic acids is 1. The van der Waals surface area contributed by atoms with E-state index < -0.39 is 10.0 Å². The number of benzene rings is 1. The zero-order valence-electron chi connectivity index (χ0n) is 14.7. The Hall–Kier alpha value is -1.91. The van der Waals surface area contributed by atoms with E-state index in [4.69, 9.17) is 0 Å². The second-order valence-corrected chi connectivity index (χ2v) is 9.53. The quantitative estimate of drug-likeness (QED) is 0.809. The number of hydrogen-bond donors (Lipinski definition) is 0. The molecule has 1 aromatic carbocycles. The van der Waals surface area contributed by atoms with E-state index >= 15 is 0 Å². The van der Waals surface area contributed by atoms with Crippen molar-refractivity contribution in [3.63, 3.8) is 0 Å². The molecule has 3 fully saturated rings. The molecule has 0 aromatic heterocycles. The number of piperazine rings is 1. The lowest BCUT2D eigenvalue weighted by Gasteiger charge is -2.36. The average molecular weight is 373 g/mol. The highest BCUT2D eigenvalue weighted by Gasteiger charge is 2.45. The summed E-state index contributed by atoms with van der Waals surface area (Å²) in [6.45, 7) is 1.44. The molecule has 138 valence electrons. The van der Waals surface area contributed by atoms with Gasteiger partial charge in [-0.05, 0) is 43.2 Å². The van der Waals surface area contributed by atoms with Gasteiger partial charge in [-0.2, -0.15) is 9.57 Å². The number of rotatable bonds is 3. The smallest absolute Gasteiger partial charge is 0.244 e. The van der Waals surface area contributed by atoms with Crippen LogP contribution in [0.2, 0.25) is 0 Å². The number of hydrogen-bond acceptors (Lipinski definition) is 4. The predicted molar refractivity (Wildman–Crippen MR) is 95.4 cm³/mol. The van der Waals surface area contributed by atoms with Crippen LogP contribution in [0.4, 0.5) is 0 Å². The fourth-order valence-electron chi connectivity index (χ4n) is 4.85. The first-order valence-corrected chi connectivity index (χ1v) is 10.7. The highest BCUT2D eigenvalue weighted by atomic mass is 32.2. The zero-order chi connectivity index (χ0) is 18.3. The van der Waals surface area contributed by atoms with Crippen molar-refractivity contribution in [1.82, 2.24) is 9.21 Å². The molecule has 7 heteroatoms. The molecule has 0 N–H and O–H groups in total. The minimum atomic E-state index is -3.71. The van der Waals surface area contributed by atoms with Crippen LogP contribution >= 0.6 is 0 Å². The second kappa shape index (κ2) is 6.67. The summed E-state index contributed by atoms with van der Waals surface area (Å²) in [7, 11) is -3.71. The number of sulfonamides is 1. The zero-order valence-corrected chi connectivity index (χ0v) is 15.5. The van der Waals surface area contributed by atoms with Crippen LogP contribution in [0.15, 0.2) is 29.2 Å². The minimum absolute atomic E-state index is 0.0513. The maximum atomic E-state index is 12.9. The molecule has 26 heavy (non-hydrogen) atoms. The minimum Gasteiger partial charge on any atom is -0.340 e. The number of nitrogens with zero attached hydrogens (tertiary/aromatic N) is 3. The maximum Gasteiger partial charge on any atom is 0.244 e. The molecule has 3 unspecified atom stereocenters. The van der Waals surface area contributed by atoms with Crippen LogP contribution in [0, 0.1) is 29.1 Å². The van der Waals surface area contributed by atoms with Gasteiger partial charge in [0, 0.05) is 32.1 Å². The number of carbonyl (C=O) groups is 1. The summed E-state index contributed by atoms with van der Waals surface area (Å²) >= 11 is 0. The van der Waals surface area contributed by atoms with Crippen LogP contribution in [0.3, 0.4) is 0 Å². The Morgan fingerprint density at radius 1 is 1.08 bits per heavy atom. The molecule has 0 radical (unpaired) electrons. The van der Waals surface area contributed by atoms with Crippen LogP contribution in [-0.4, -0.2) is 49.7 Å². The summed E-state index contributed by atoms with van der Waals surface area (Å²) in [5, 5.41) is 9.18. The van der Waals surface area contributed by atoms with Crippen LogP contribution in [0.1, 0.15) is 31.2 Å². The molecule has 6 nitrogen and oxygen atoms in total. The number of fused-ring (bicyclic) bond motifs is 2. The normalized spacial score (nSPS) is 28.9. The molecule has 2 aliphatic carbocycles. The first-order chi connectivity index (χ1) is 12.5. The first kappa shape index (κ1) is 17.5. The van der Waals surface area contributed by atoms with E-state index in [-0.39, 0.29) is 35.4 Å². The Morgan fingerprint density at radius 3 is 2.42 bits per heavy atom. The third-order valence-corrected chi connectivity index (χ3v) is 8.19. The van der Waals surface area contributed by atoms with Gasteiger partial charge in [0.25, 0.3) is 0 Å². The first-order valence-electron chi connectivity index (χ1n) is 9.29. The van der Waals surface area contributed by atoms with Crippen molar-refractivity contribution < 1.29 is 13.2 Å². The third kappa shape index (κ3) is 2.91. The van der Waals surface area contributed by atoms with Gasteiger partial charge in [0.1, 0.15) is 6.07 Å². The third-order valence-electron chi connectivity index (χ3n) is 6.23. The van der Waals surface area contributed by atoms with E-state index in [1.807, 2.05) is 11.0 Å². The fourth-order valence-corrected chi connectivity index (χ4v) is 6.42. The van der Waals surface area contributed by atoms with Crippen LogP contribution in [-0.2, 0) is 14.8 Å². The molecule has 1 aromatic rings. The predicted octanol–water partition coefficient (Wildman–Crippen LogP) is 1.83. The van der Waals surface area contributed by atoms with Gasteiger partial charge in [-0.3, -0.25) is 4.79 Å². The van der Waals surface area contributed by atoms with Gasteiger partial charge in [-0.25, -0.2) is 8.42 Å². The molecular formula is C19H23N3O3S. The summed E-state index contributed by atoms with van der Waals surface area (Å²) in [5.41, 5.74) is 0.160. The largest absolute Gasteiger partial charge is 0.340 e. The summed E-state index contributed by atoms with van der Waals surface area (Å²) in [6, 6.07) is 8.22. The van der Waals surface area contributed by atoms with Gasteiger partial charge in [-0.1, -0.05) is 18.6 Å². The van der Waals surface area contributed by atoms with Gasteiger partial charge in [0.2, 0.25) is 15.9 Å². The van der Waals surface area contributed by atoms with Crippen molar-refractivity contribution in [1.29, 1.82) is 5.26 Å². The number of nitriles is 1. The Balaban J connectivity index is 1.43. The molecule has 2 bridgehead atoms. The van der Waals surface area contributed by atoms with E-state index in [0.29, 0.717) is 19.0 Å². The Morgan fingerprint density at radius 2 is 1.81 bits per heavy atom. The van der Waals surface area contributed by atoms with Gasteiger partial charge in [-0.15, -0.1) is 0 Å². The lowest BCUT2D eigenvalue weighted by atomic mass is 9.87. The number of amides is 1. The molecule has 2 saturated carbocycles.